The standard InChI is InChI=1S/C25H22N4O5S/c1-16-7-10-22(17(2)13-16)28-35(33,34)19-9-11-23(24(14-19)29(31)32)27-26-15-21-20-6-4-3-5-18(20)8-12-25(21)30/h3-15,27-28,30H,1-2H3. The summed E-state index contributed by atoms with van der Waals surface area (Å²) in [6, 6.07) is 19.4. The number of nitro groups is 1. The summed E-state index contributed by atoms with van der Waals surface area (Å²) in [4.78, 5) is 10.7. The zero-order chi connectivity index (χ0) is 25.2. The van der Waals surface area contributed by atoms with Gasteiger partial charge < -0.3 is 5.11 Å². The Morgan fingerprint density at radius 1 is 0.971 bits per heavy atom. The fourth-order valence-electron chi connectivity index (χ4n) is 3.64. The molecule has 0 aliphatic rings. The molecule has 10 heteroatoms. The first kappa shape index (κ1) is 23.7. The Morgan fingerprint density at radius 2 is 1.71 bits per heavy atom. The third kappa shape index (κ3) is 5.07. The van der Waals surface area contributed by atoms with E-state index in [9.17, 15) is 23.6 Å². The second-order valence-electron chi connectivity index (χ2n) is 7.95. The number of nitro benzene ring substituents is 1. The van der Waals surface area contributed by atoms with Crippen LogP contribution in [0.25, 0.3) is 10.8 Å². The van der Waals surface area contributed by atoms with Crippen LogP contribution in [0.1, 0.15) is 16.7 Å². The van der Waals surface area contributed by atoms with Crippen LogP contribution in [-0.4, -0.2) is 24.7 Å². The maximum Gasteiger partial charge on any atom is 0.295 e. The Bertz CT molecular complexity index is 1580. The van der Waals surface area contributed by atoms with Gasteiger partial charge in [-0.2, -0.15) is 5.10 Å². The lowest BCUT2D eigenvalue weighted by atomic mass is 10.0. The highest BCUT2D eigenvalue weighted by Gasteiger charge is 2.22. The van der Waals surface area contributed by atoms with Gasteiger partial charge in [0.25, 0.3) is 15.7 Å². The monoisotopic (exact) mass is 490 g/mol. The maximum absolute atomic E-state index is 12.9. The number of benzene rings is 4. The predicted molar refractivity (Wildman–Crippen MR) is 137 cm³/mol. The lowest BCUT2D eigenvalue weighted by molar-refractivity contribution is -0.384. The Morgan fingerprint density at radius 3 is 2.46 bits per heavy atom. The van der Waals surface area contributed by atoms with E-state index in [4.69, 9.17) is 0 Å². The van der Waals surface area contributed by atoms with Crippen LogP contribution in [0.2, 0.25) is 0 Å². The molecule has 0 saturated carbocycles. The van der Waals surface area contributed by atoms with Crippen LogP contribution in [0.5, 0.6) is 5.75 Å². The zero-order valence-electron chi connectivity index (χ0n) is 18.9. The highest BCUT2D eigenvalue weighted by molar-refractivity contribution is 7.92. The van der Waals surface area contributed by atoms with Crippen LogP contribution in [0.4, 0.5) is 17.1 Å². The molecule has 0 amide bonds. The quantitative estimate of drug-likeness (QED) is 0.182. The van der Waals surface area contributed by atoms with E-state index in [0.717, 1.165) is 28.0 Å². The first-order valence-electron chi connectivity index (χ1n) is 10.5. The molecule has 0 atom stereocenters. The largest absolute Gasteiger partial charge is 0.507 e. The Balaban J connectivity index is 1.62. The molecule has 0 radical (unpaired) electrons. The van der Waals surface area contributed by atoms with Gasteiger partial charge in [-0.15, -0.1) is 0 Å². The number of rotatable bonds is 7. The van der Waals surface area contributed by atoms with Crippen LogP contribution in [0, 0.1) is 24.0 Å². The van der Waals surface area contributed by atoms with E-state index in [2.05, 4.69) is 15.2 Å². The minimum Gasteiger partial charge on any atom is -0.507 e. The van der Waals surface area contributed by atoms with Crippen molar-refractivity contribution in [1.82, 2.24) is 0 Å². The lowest BCUT2D eigenvalue weighted by Gasteiger charge is -2.12. The number of fused-ring (bicyclic) bond motifs is 1. The number of nitrogens with one attached hydrogen (secondary N) is 2. The molecule has 35 heavy (non-hydrogen) atoms. The number of phenolic OH excluding ortho intramolecular Hbond substituents is 1. The molecule has 0 heterocycles. The van der Waals surface area contributed by atoms with Crippen molar-refractivity contribution in [3.63, 3.8) is 0 Å². The molecule has 0 aliphatic carbocycles. The smallest absolute Gasteiger partial charge is 0.295 e. The molecule has 178 valence electrons. The number of aryl methyl sites for hydroxylation is 2. The molecule has 4 aromatic carbocycles. The van der Waals surface area contributed by atoms with Crippen molar-refractivity contribution in [1.29, 1.82) is 0 Å². The third-order valence-electron chi connectivity index (χ3n) is 5.43. The van der Waals surface area contributed by atoms with Gasteiger partial charge in [-0.05, 0) is 54.4 Å². The van der Waals surface area contributed by atoms with Gasteiger partial charge in [0.1, 0.15) is 11.4 Å². The molecule has 0 saturated heterocycles. The molecule has 4 rings (SSSR count). The van der Waals surface area contributed by atoms with E-state index >= 15 is 0 Å². The molecule has 4 aromatic rings. The van der Waals surface area contributed by atoms with Crippen LogP contribution in [0.15, 0.2) is 82.8 Å². The molecule has 0 fully saturated rings. The number of phenols is 1. The summed E-state index contributed by atoms with van der Waals surface area (Å²) in [6.07, 6.45) is 1.35. The fraction of sp³-hybridized carbons (Fsp3) is 0.0800. The fourth-order valence-corrected chi connectivity index (χ4v) is 4.79. The summed E-state index contributed by atoms with van der Waals surface area (Å²) in [5, 5.41) is 27.6. The molecule has 9 nitrogen and oxygen atoms in total. The van der Waals surface area contributed by atoms with Gasteiger partial charge in [-0.3, -0.25) is 20.3 Å². The number of anilines is 2. The molecule has 0 aliphatic heterocycles. The first-order valence-corrected chi connectivity index (χ1v) is 12.0. The molecule has 0 bridgehead atoms. The number of aromatic hydroxyl groups is 1. The van der Waals surface area contributed by atoms with Gasteiger partial charge in [0, 0.05) is 11.6 Å². The van der Waals surface area contributed by atoms with Gasteiger partial charge >= 0.3 is 0 Å². The summed E-state index contributed by atoms with van der Waals surface area (Å²) in [7, 11) is -4.07. The van der Waals surface area contributed by atoms with Crippen molar-refractivity contribution >= 4 is 44.1 Å². The lowest BCUT2D eigenvalue weighted by Crippen LogP contribution is -2.14. The summed E-state index contributed by atoms with van der Waals surface area (Å²) in [6.45, 7) is 3.66. The van der Waals surface area contributed by atoms with E-state index in [-0.39, 0.29) is 16.3 Å². The van der Waals surface area contributed by atoms with Gasteiger partial charge in [0.2, 0.25) is 0 Å². The summed E-state index contributed by atoms with van der Waals surface area (Å²) >= 11 is 0. The van der Waals surface area contributed by atoms with E-state index < -0.39 is 20.6 Å². The van der Waals surface area contributed by atoms with Gasteiger partial charge in [-0.25, -0.2) is 8.42 Å². The highest BCUT2D eigenvalue weighted by Crippen LogP contribution is 2.30. The van der Waals surface area contributed by atoms with E-state index in [1.807, 2.05) is 37.3 Å². The summed E-state index contributed by atoms with van der Waals surface area (Å²) < 4.78 is 28.2. The first-order chi connectivity index (χ1) is 16.7. The van der Waals surface area contributed by atoms with Crippen LogP contribution < -0.4 is 10.1 Å². The minimum absolute atomic E-state index is 0.00247. The second kappa shape index (κ2) is 9.43. The topological polar surface area (TPSA) is 134 Å². The van der Waals surface area contributed by atoms with Gasteiger partial charge in [-0.1, -0.05) is 48.0 Å². The molecule has 3 N–H and O–H groups in total. The van der Waals surface area contributed by atoms with E-state index in [1.54, 1.807) is 25.1 Å². The second-order valence-corrected chi connectivity index (χ2v) is 9.63. The Kier molecular flexibility index (Phi) is 6.39. The third-order valence-corrected chi connectivity index (χ3v) is 6.79. The average molecular weight is 491 g/mol. The number of sulfonamides is 1. The molecular formula is C25H22N4O5S. The van der Waals surface area contributed by atoms with Crippen LogP contribution >= 0.6 is 0 Å². The summed E-state index contributed by atoms with van der Waals surface area (Å²) in [5.41, 5.74) is 4.65. The molecular weight excluding hydrogens is 468 g/mol. The van der Waals surface area contributed by atoms with Crippen molar-refractivity contribution < 1.29 is 18.4 Å². The normalized spacial score (nSPS) is 11.6. The number of hydrazone groups is 1. The average Bonchev–Trinajstić information content (AvgIpc) is 2.82. The Labute approximate surface area is 201 Å². The van der Waals surface area contributed by atoms with Crippen molar-refractivity contribution in [2.45, 2.75) is 18.7 Å². The minimum atomic E-state index is -4.07. The van der Waals surface area contributed by atoms with Crippen molar-refractivity contribution in [3.05, 3.63) is 99.6 Å². The predicted octanol–water partition coefficient (Wildman–Crippen LogP) is 5.32. The maximum atomic E-state index is 12.9. The van der Waals surface area contributed by atoms with E-state index in [1.165, 1.54) is 24.4 Å². The van der Waals surface area contributed by atoms with Crippen LogP contribution in [0.3, 0.4) is 0 Å². The molecule has 0 unspecified atom stereocenters. The van der Waals surface area contributed by atoms with Crippen LogP contribution in [-0.2, 0) is 10.0 Å². The SMILES string of the molecule is Cc1ccc(NS(=O)(=O)c2ccc(NN=Cc3c(O)ccc4ccccc34)c([N+](=O)[O-])c2)c(C)c1. The number of nitrogens with zero attached hydrogens (tertiary/aromatic N) is 2. The number of hydrogen-bond acceptors (Lipinski definition) is 7. The molecule has 0 aromatic heterocycles. The van der Waals surface area contributed by atoms with Crippen molar-refractivity contribution in [2.75, 3.05) is 10.1 Å². The van der Waals surface area contributed by atoms with Gasteiger partial charge in [0.05, 0.1) is 21.7 Å². The van der Waals surface area contributed by atoms with E-state index in [0.29, 0.717) is 11.3 Å². The Hall–Kier alpha value is -4.44. The highest BCUT2D eigenvalue weighted by atomic mass is 32.2. The summed E-state index contributed by atoms with van der Waals surface area (Å²) in [5.74, 6) is 0.00247. The zero-order valence-corrected chi connectivity index (χ0v) is 19.7. The van der Waals surface area contributed by atoms with Crippen molar-refractivity contribution in [3.8, 4) is 5.75 Å². The van der Waals surface area contributed by atoms with Crippen molar-refractivity contribution in [2.24, 2.45) is 5.10 Å². The molecule has 0 spiro atoms. The van der Waals surface area contributed by atoms with Gasteiger partial charge in [0.15, 0.2) is 0 Å². The number of hydrogen-bond donors (Lipinski definition) is 3.